The molecule has 1 aromatic carbocycles. The number of rotatable bonds is 6. The van der Waals surface area contributed by atoms with Gasteiger partial charge in [0.25, 0.3) is 0 Å². The third-order valence-electron chi connectivity index (χ3n) is 3.40. The Morgan fingerprint density at radius 2 is 1.92 bits per heavy atom. The van der Waals surface area contributed by atoms with Crippen LogP contribution >= 0.6 is 11.8 Å². The van der Waals surface area contributed by atoms with Gasteiger partial charge in [0.05, 0.1) is 11.2 Å². The number of hydrogen-bond donors (Lipinski definition) is 2. The normalized spacial score (nSPS) is 12.9. The number of pyridine rings is 1. The van der Waals surface area contributed by atoms with E-state index in [1.807, 2.05) is 18.2 Å². The molecular formula is C16H17N2NaO4S. The molecule has 0 bridgehead atoms. The molecular weight excluding hydrogens is 339 g/mol. The van der Waals surface area contributed by atoms with E-state index in [1.54, 1.807) is 13.0 Å². The van der Waals surface area contributed by atoms with Gasteiger partial charge in [-0.05, 0) is 25.5 Å². The number of carbonyl (C=O) groups excluding carboxylic acids is 2. The van der Waals surface area contributed by atoms with E-state index in [4.69, 9.17) is 0 Å². The molecule has 0 saturated heterocycles. The number of aromatic amines is 1. The maximum Gasteiger partial charge on any atom is 1.00 e. The van der Waals surface area contributed by atoms with Gasteiger partial charge in [-0.25, -0.2) is 0 Å². The number of nitrogens with one attached hydrogen (secondary N) is 2. The van der Waals surface area contributed by atoms with E-state index < -0.39 is 16.5 Å². The van der Waals surface area contributed by atoms with Crippen LogP contribution in [0.1, 0.15) is 19.4 Å². The van der Waals surface area contributed by atoms with Gasteiger partial charge in [0.1, 0.15) is 0 Å². The first-order valence-corrected chi connectivity index (χ1v) is 8.07. The topological polar surface area (TPSA) is 102 Å². The number of amides is 1. The van der Waals surface area contributed by atoms with Crippen LogP contribution in [0.4, 0.5) is 0 Å². The number of H-pyrrole nitrogens is 1. The van der Waals surface area contributed by atoms with E-state index >= 15 is 0 Å². The van der Waals surface area contributed by atoms with Crippen molar-refractivity contribution in [2.45, 2.75) is 30.9 Å². The summed E-state index contributed by atoms with van der Waals surface area (Å²) in [5.74, 6) is -1.48. The Kier molecular flexibility index (Phi) is 8.02. The summed E-state index contributed by atoms with van der Waals surface area (Å²) >= 11 is 1.02. The van der Waals surface area contributed by atoms with Crippen molar-refractivity contribution in [2.75, 3.05) is 0 Å². The molecule has 2 unspecified atom stereocenters. The second-order valence-electron chi connectivity index (χ2n) is 5.16. The van der Waals surface area contributed by atoms with Gasteiger partial charge < -0.3 is 20.2 Å². The molecule has 0 aliphatic heterocycles. The van der Waals surface area contributed by atoms with Crippen LogP contribution in [0, 0.1) is 0 Å². The summed E-state index contributed by atoms with van der Waals surface area (Å²) in [7, 11) is 0. The van der Waals surface area contributed by atoms with Crippen LogP contribution in [0.2, 0.25) is 0 Å². The third-order valence-corrected chi connectivity index (χ3v) is 4.62. The van der Waals surface area contributed by atoms with Crippen molar-refractivity contribution < 1.29 is 44.3 Å². The van der Waals surface area contributed by atoms with E-state index in [0.29, 0.717) is 11.1 Å². The van der Waals surface area contributed by atoms with Crippen LogP contribution in [0.5, 0.6) is 0 Å². The van der Waals surface area contributed by atoms with Gasteiger partial charge >= 0.3 is 29.6 Å². The molecule has 2 atom stereocenters. The van der Waals surface area contributed by atoms with Gasteiger partial charge in [-0.15, -0.1) is 11.8 Å². The second-order valence-corrected chi connectivity index (χ2v) is 6.85. The average Bonchev–Trinajstić information content (AvgIpc) is 2.51. The molecule has 1 amide bonds. The Bertz CT molecular complexity index is 793. The minimum atomic E-state index is -1.20. The monoisotopic (exact) mass is 356 g/mol. The first kappa shape index (κ1) is 20.8. The molecule has 2 N–H and O–H groups in total. The Morgan fingerprint density at radius 3 is 2.58 bits per heavy atom. The molecule has 0 fully saturated rings. The van der Waals surface area contributed by atoms with Gasteiger partial charge in [0, 0.05) is 28.8 Å². The van der Waals surface area contributed by atoms with Gasteiger partial charge in [0.2, 0.25) is 11.5 Å². The number of aliphatic carboxylic acids is 1. The van der Waals surface area contributed by atoms with Crippen LogP contribution in [0.25, 0.3) is 10.9 Å². The maximum atomic E-state index is 12.1. The second kappa shape index (κ2) is 9.27. The average molecular weight is 356 g/mol. The van der Waals surface area contributed by atoms with E-state index in [0.717, 1.165) is 17.1 Å². The molecule has 1 aromatic heterocycles. The molecule has 6 nitrogen and oxygen atoms in total. The van der Waals surface area contributed by atoms with Crippen LogP contribution in [0.3, 0.4) is 0 Å². The first-order chi connectivity index (χ1) is 10.9. The molecule has 0 radical (unpaired) electrons. The van der Waals surface area contributed by atoms with Crippen molar-refractivity contribution >= 4 is 34.5 Å². The SMILES string of the molecule is CC(SC(C)C(=O)NCc1cc(=O)[nH]c2ccccc12)C(=O)[O-].[Na+]. The zero-order valence-corrected chi connectivity index (χ0v) is 16.6. The van der Waals surface area contributed by atoms with Crippen LogP contribution in [-0.4, -0.2) is 27.4 Å². The number of fused-ring (bicyclic) bond motifs is 1. The quantitative estimate of drug-likeness (QED) is 0.553. The van der Waals surface area contributed by atoms with Crippen molar-refractivity contribution in [1.82, 2.24) is 10.3 Å². The van der Waals surface area contributed by atoms with Crippen molar-refractivity contribution in [3.8, 4) is 0 Å². The molecule has 1 heterocycles. The fourth-order valence-corrected chi connectivity index (χ4v) is 3.10. The summed E-state index contributed by atoms with van der Waals surface area (Å²) in [5, 5.41) is 13.0. The minimum absolute atomic E-state index is 0. The third kappa shape index (κ3) is 5.37. The smallest absolute Gasteiger partial charge is 0.549 e. The van der Waals surface area contributed by atoms with Gasteiger partial charge in [-0.2, -0.15) is 0 Å². The Labute approximate surface area is 165 Å². The number of carboxylic acids is 1. The van der Waals surface area contributed by atoms with E-state index in [-0.39, 0.29) is 47.6 Å². The molecule has 2 rings (SSSR count). The maximum absolute atomic E-state index is 12.1. The number of benzene rings is 1. The Hall–Kier alpha value is -1.28. The number of thioether (sulfide) groups is 1. The van der Waals surface area contributed by atoms with Crippen molar-refractivity contribution in [3.05, 3.63) is 46.2 Å². The number of hydrogen-bond acceptors (Lipinski definition) is 5. The van der Waals surface area contributed by atoms with Crippen LogP contribution in [0.15, 0.2) is 35.1 Å². The summed E-state index contributed by atoms with van der Waals surface area (Å²) in [6.07, 6.45) is 0. The molecule has 0 saturated carbocycles. The van der Waals surface area contributed by atoms with Crippen LogP contribution in [-0.2, 0) is 16.1 Å². The fourth-order valence-electron chi connectivity index (χ4n) is 2.17. The van der Waals surface area contributed by atoms with Crippen molar-refractivity contribution in [2.24, 2.45) is 0 Å². The molecule has 2 aromatic rings. The minimum Gasteiger partial charge on any atom is -0.549 e. The van der Waals surface area contributed by atoms with E-state index in [1.165, 1.54) is 13.0 Å². The van der Waals surface area contributed by atoms with Gasteiger partial charge in [-0.3, -0.25) is 9.59 Å². The number of carbonyl (C=O) groups is 2. The standard InChI is InChI=1S/C16H18N2O4S.Na/c1-9(23-10(2)16(21)22)15(20)17-8-11-7-14(19)18-13-6-4-3-5-12(11)13;/h3-7,9-10H,8H2,1-2H3,(H,17,20)(H,18,19)(H,21,22);/q;+1/p-1. The summed E-state index contributed by atoms with van der Waals surface area (Å²) < 4.78 is 0. The predicted molar refractivity (Wildman–Crippen MR) is 87.9 cm³/mol. The molecule has 0 aliphatic rings. The molecule has 122 valence electrons. The zero-order valence-electron chi connectivity index (χ0n) is 13.8. The summed E-state index contributed by atoms with van der Waals surface area (Å²) in [5.41, 5.74) is 1.18. The molecule has 8 heteroatoms. The predicted octanol–water partition coefficient (Wildman–Crippen LogP) is -2.59. The summed E-state index contributed by atoms with van der Waals surface area (Å²) in [6, 6.07) is 8.78. The van der Waals surface area contributed by atoms with Crippen LogP contribution < -0.4 is 45.5 Å². The van der Waals surface area contributed by atoms with E-state index in [9.17, 15) is 19.5 Å². The fraction of sp³-hybridized carbons (Fsp3) is 0.312. The number of carboxylic acid groups (broad SMARTS) is 1. The Balaban J connectivity index is 0.00000288. The summed E-state index contributed by atoms with van der Waals surface area (Å²) in [4.78, 5) is 37.2. The van der Waals surface area contributed by atoms with E-state index in [2.05, 4.69) is 10.3 Å². The van der Waals surface area contributed by atoms with Gasteiger partial charge in [0.15, 0.2) is 0 Å². The largest absolute Gasteiger partial charge is 1.00 e. The molecule has 0 spiro atoms. The van der Waals surface area contributed by atoms with Crippen molar-refractivity contribution in [3.63, 3.8) is 0 Å². The number of aromatic nitrogens is 1. The first-order valence-electron chi connectivity index (χ1n) is 7.13. The molecule has 24 heavy (non-hydrogen) atoms. The van der Waals surface area contributed by atoms with Gasteiger partial charge in [-0.1, -0.05) is 18.2 Å². The number of para-hydroxylation sites is 1. The molecule has 0 aliphatic carbocycles. The van der Waals surface area contributed by atoms with Crippen molar-refractivity contribution in [1.29, 1.82) is 0 Å². The Morgan fingerprint density at radius 1 is 1.25 bits per heavy atom. The zero-order chi connectivity index (χ0) is 17.0. The summed E-state index contributed by atoms with van der Waals surface area (Å²) in [6.45, 7) is 3.32.